The minimum atomic E-state index is 0. The van der Waals surface area contributed by atoms with Crippen molar-refractivity contribution in [2.75, 3.05) is 39.3 Å². The van der Waals surface area contributed by atoms with Crippen LogP contribution in [0.15, 0.2) is 4.99 Å². The van der Waals surface area contributed by atoms with Crippen molar-refractivity contribution < 1.29 is 0 Å². The lowest BCUT2D eigenvalue weighted by Crippen LogP contribution is -2.38. The van der Waals surface area contributed by atoms with Crippen LogP contribution in [0.25, 0.3) is 0 Å². The van der Waals surface area contributed by atoms with Gasteiger partial charge in [0.05, 0.1) is 0 Å². The van der Waals surface area contributed by atoms with E-state index >= 15 is 0 Å². The summed E-state index contributed by atoms with van der Waals surface area (Å²) in [6.45, 7) is 13.1. The van der Waals surface area contributed by atoms with Gasteiger partial charge in [-0.25, -0.2) is 0 Å². The van der Waals surface area contributed by atoms with E-state index in [9.17, 15) is 0 Å². The monoisotopic (exact) mass is 396 g/mol. The second-order valence-electron chi connectivity index (χ2n) is 5.32. The third-order valence-electron chi connectivity index (χ3n) is 3.64. The Morgan fingerprint density at radius 1 is 1.10 bits per heavy atom. The summed E-state index contributed by atoms with van der Waals surface area (Å²) in [5, 5.41) is 6.75. The molecule has 4 nitrogen and oxygen atoms in total. The summed E-state index contributed by atoms with van der Waals surface area (Å²) >= 11 is 0. The van der Waals surface area contributed by atoms with Crippen molar-refractivity contribution in [1.82, 2.24) is 15.5 Å². The van der Waals surface area contributed by atoms with Crippen LogP contribution in [0.1, 0.15) is 46.5 Å². The maximum atomic E-state index is 4.62. The molecule has 1 saturated carbocycles. The van der Waals surface area contributed by atoms with Gasteiger partial charge in [0, 0.05) is 19.6 Å². The van der Waals surface area contributed by atoms with E-state index in [1.165, 1.54) is 32.2 Å². The Labute approximate surface area is 142 Å². The van der Waals surface area contributed by atoms with Gasteiger partial charge in [-0.2, -0.15) is 0 Å². The fourth-order valence-electron chi connectivity index (χ4n) is 2.07. The number of guanidine groups is 1. The summed E-state index contributed by atoms with van der Waals surface area (Å²) in [7, 11) is 0. The third kappa shape index (κ3) is 9.80. The Hall–Kier alpha value is -0.0400. The van der Waals surface area contributed by atoms with Crippen LogP contribution in [-0.4, -0.2) is 50.1 Å². The van der Waals surface area contributed by atoms with Gasteiger partial charge in [0.25, 0.3) is 0 Å². The molecule has 20 heavy (non-hydrogen) atoms. The lowest BCUT2D eigenvalue weighted by atomic mass is 10.3. The minimum Gasteiger partial charge on any atom is -0.357 e. The first kappa shape index (κ1) is 20.0. The zero-order valence-electron chi connectivity index (χ0n) is 13.5. The fraction of sp³-hybridized carbons (Fsp3) is 0.933. The zero-order valence-corrected chi connectivity index (χ0v) is 15.8. The maximum Gasteiger partial charge on any atom is 0.191 e. The van der Waals surface area contributed by atoms with Crippen LogP contribution in [0.3, 0.4) is 0 Å². The number of hydrogen-bond donors (Lipinski definition) is 2. The second-order valence-corrected chi connectivity index (χ2v) is 5.32. The van der Waals surface area contributed by atoms with Crippen molar-refractivity contribution in [2.45, 2.75) is 46.5 Å². The zero-order chi connectivity index (χ0) is 13.9. The first-order valence-corrected chi connectivity index (χ1v) is 8.04. The van der Waals surface area contributed by atoms with Gasteiger partial charge >= 0.3 is 0 Å². The second kappa shape index (κ2) is 12.7. The molecule has 1 aliphatic rings. The number of unbranched alkanes of at least 4 members (excludes halogenated alkanes) is 1. The SMILES string of the molecule is CCNC(=NCC1CC1)NCCCCN(CC)CC.I. The molecule has 0 atom stereocenters. The predicted molar refractivity (Wildman–Crippen MR) is 99.1 cm³/mol. The Kier molecular flexibility index (Phi) is 12.7. The van der Waals surface area contributed by atoms with Crippen molar-refractivity contribution in [3.63, 3.8) is 0 Å². The molecule has 0 radical (unpaired) electrons. The van der Waals surface area contributed by atoms with E-state index in [4.69, 9.17) is 0 Å². The molecule has 0 unspecified atom stereocenters. The van der Waals surface area contributed by atoms with Gasteiger partial charge in [-0.15, -0.1) is 24.0 Å². The van der Waals surface area contributed by atoms with Gasteiger partial charge in [0.2, 0.25) is 0 Å². The van der Waals surface area contributed by atoms with Gasteiger partial charge in [0.1, 0.15) is 0 Å². The first-order valence-electron chi connectivity index (χ1n) is 8.04. The summed E-state index contributed by atoms with van der Waals surface area (Å²) in [6.07, 6.45) is 5.21. The third-order valence-corrected chi connectivity index (χ3v) is 3.64. The van der Waals surface area contributed by atoms with Crippen molar-refractivity contribution >= 4 is 29.9 Å². The molecule has 0 spiro atoms. The molecular weight excluding hydrogens is 363 g/mol. The highest BCUT2D eigenvalue weighted by atomic mass is 127. The van der Waals surface area contributed by atoms with E-state index in [0.29, 0.717) is 0 Å². The molecule has 0 aromatic heterocycles. The highest BCUT2D eigenvalue weighted by Gasteiger charge is 2.20. The predicted octanol–water partition coefficient (Wildman–Crippen LogP) is 2.69. The Bertz CT molecular complexity index is 250. The summed E-state index contributed by atoms with van der Waals surface area (Å²) in [5.41, 5.74) is 0. The molecule has 0 aromatic carbocycles. The molecule has 120 valence electrons. The summed E-state index contributed by atoms with van der Waals surface area (Å²) < 4.78 is 0. The smallest absolute Gasteiger partial charge is 0.191 e. The van der Waals surface area contributed by atoms with E-state index in [-0.39, 0.29) is 24.0 Å². The number of aliphatic imine (C=N–C) groups is 1. The standard InChI is InChI=1S/C15H32N4.HI/c1-4-16-15(18-13-14-9-10-14)17-11-7-8-12-19(5-2)6-3;/h14H,4-13H2,1-3H3,(H2,16,17,18);1H. The van der Waals surface area contributed by atoms with E-state index in [2.05, 4.69) is 41.3 Å². The number of rotatable bonds is 10. The van der Waals surface area contributed by atoms with Crippen molar-refractivity contribution in [2.24, 2.45) is 10.9 Å². The molecule has 0 aliphatic heterocycles. The molecule has 0 amide bonds. The molecule has 1 fully saturated rings. The van der Waals surface area contributed by atoms with E-state index in [1.54, 1.807) is 0 Å². The van der Waals surface area contributed by atoms with Crippen LogP contribution in [0.5, 0.6) is 0 Å². The highest BCUT2D eigenvalue weighted by Crippen LogP contribution is 2.28. The van der Waals surface area contributed by atoms with Crippen molar-refractivity contribution in [1.29, 1.82) is 0 Å². The van der Waals surface area contributed by atoms with Crippen LogP contribution in [0, 0.1) is 5.92 Å². The summed E-state index contributed by atoms with van der Waals surface area (Å²) in [6, 6.07) is 0. The fourth-order valence-corrected chi connectivity index (χ4v) is 2.07. The Morgan fingerprint density at radius 2 is 1.80 bits per heavy atom. The normalized spacial score (nSPS) is 15.1. The topological polar surface area (TPSA) is 39.7 Å². The molecule has 2 N–H and O–H groups in total. The largest absolute Gasteiger partial charge is 0.357 e. The molecule has 0 heterocycles. The van der Waals surface area contributed by atoms with Crippen molar-refractivity contribution in [3.8, 4) is 0 Å². The van der Waals surface area contributed by atoms with Crippen LogP contribution in [-0.2, 0) is 0 Å². The van der Waals surface area contributed by atoms with Crippen LogP contribution < -0.4 is 10.6 Å². The molecular formula is C15H33IN4. The van der Waals surface area contributed by atoms with Crippen molar-refractivity contribution in [3.05, 3.63) is 0 Å². The van der Waals surface area contributed by atoms with Gasteiger partial charge in [-0.1, -0.05) is 13.8 Å². The highest BCUT2D eigenvalue weighted by molar-refractivity contribution is 14.0. The number of nitrogens with one attached hydrogen (secondary N) is 2. The quantitative estimate of drug-likeness (QED) is 0.258. The number of nitrogens with zero attached hydrogens (tertiary/aromatic N) is 2. The average Bonchev–Trinajstić information content (AvgIpc) is 3.24. The molecule has 5 heteroatoms. The maximum absolute atomic E-state index is 4.62. The first-order chi connectivity index (χ1) is 9.30. The average molecular weight is 396 g/mol. The number of halogens is 1. The molecule has 1 aliphatic carbocycles. The van der Waals surface area contributed by atoms with Gasteiger partial charge in [-0.3, -0.25) is 4.99 Å². The van der Waals surface area contributed by atoms with Gasteiger partial charge in [-0.05, 0) is 58.2 Å². The Morgan fingerprint density at radius 3 is 2.35 bits per heavy atom. The van der Waals surface area contributed by atoms with E-state index < -0.39 is 0 Å². The van der Waals surface area contributed by atoms with Gasteiger partial charge in [0.15, 0.2) is 5.96 Å². The Balaban J connectivity index is 0.00000361. The minimum absolute atomic E-state index is 0. The van der Waals surface area contributed by atoms with E-state index in [1.807, 2.05) is 0 Å². The summed E-state index contributed by atoms with van der Waals surface area (Å²) in [5.74, 6) is 1.86. The lowest BCUT2D eigenvalue weighted by molar-refractivity contribution is 0.297. The summed E-state index contributed by atoms with van der Waals surface area (Å²) in [4.78, 5) is 7.10. The van der Waals surface area contributed by atoms with E-state index in [0.717, 1.165) is 44.6 Å². The van der Waals surface area contributed by atoms with Crippen LogP contribution in [0.2, 0.25) is 0 Å². The van der Waals surface area contributed by atoms with Crippen LogP contribution in [0.4, 0.5) is 0 Å². The molecule has 0 aromatic rings. The molecule has 1 rings (SSSR count). The van der Waals surface area contributed by atoms with Crippen LogP contribution >= 0.6 is 24.0 Å². The lowest BCUT2D eigenvalue weighted by Gasteiger charge is -2.18. The number of hydrogen-bond acceptors (Lipinski definition) is 2. The molecule has 0 bridgehead atoms. The molecule has 0 saturated heterocycles. The van der Waals surface area contributed by atoms with Gasteiger partial charge < -0.3 is 15.5 Å².